The van der Waals surface area contributed by atoms with Crippen molar-refractivity contribution in [1.82, 2.24) is 4.72 Å². The molecular weight excluding hydrogens is 330 g/mol. The van der Waals surface area contributed by atoms with Gasteiger partial charge in [0.15, 0.2) is 0 Å². The van der Waals surface area contributed by atoms with Crippen LogP contribution in [0.4, 0.5) is 0 Å². The van der Waals surface area contributed by atoms with Crippen LogP contribution in [0.25, 0.3) is 0 Å². The zero-order chi connectivity index (χ0) is 18.3. The largest absolute Gasteiger partial charge is 0.240 e. The van der Waals surface area contributed by atoms with Gasteiger partial charge in [0, 0.05) is 6.54 Å². The first-order chi connectivity index (χ1) is 11.8. The van der Waals surface area contributed by atoms with Crippen molar-refractivity contribution in [2.75, 3.05) is 6.54 Å². The molecule has 0 aromatic heterocycles. The third-order valence-electron chi connectivity index (χ3n) is 5.09. The summed E-state index contributed by atoms with van der Waals surface area (Å²) in [5, 5.41) is 0. The first-order valence-corrected chi connectivity index (χ1v) is 10.8. The monoisotopic (exact) mass is 361 g/mol. The second-order valence-electron chi connectivity index (χ2n) is 7.59. The van der Waals surface area contributed by atoms with Crippen LogP contribution in [0.15, 0.2) is 46.5 Å². The molecule has 0 atom stereocenters. The first kappa shape index (κ1) is 20.0. The maximum Gasteiger partial charge on any atom is 0.240 e. The molecule has 1 aromatic carbocycles. The summed E-state index contributed by atoms with van der Waals surface area (Å²) in [6.45, 7) is 6.58. The Morgan fingerprint density at radius 3 is 2.40 bits per heavy atom. The van der Waals surface area contributed by atoms with Crippen LogP contribution < -0.4 is 4.72 Å². The fraction of sp³-hybridized carbons (Fsp3) is 0.571. The summed E-state index contributed by atoms with van der Waals surface area (Å²) < 4.78 is 28.1. The molecule has 4 heteroatoms. The van der Waals surface area contributed by atoms with Crippen LogP contribution in [0.3, 0.4) is 0 Å². The number of hydrogen-bond donors (Lipinski definition) is 1. The molecule has 0 amide bonds. The van der Waals surface area contributed by atoms with Crippen molar-refractivity contribution in [1.29, 1.82) is 0 Å². The van der Waals surface area contributed by atoms with Gasteiger partial charge in [-0.05, 0) is 75.7 Å². The minimum Gasteiger partial charge on any atom is -0.211 e. The van der Waals surface area contributed by atoms with Crippen molar-refractivity contribution >= 4 is 10.0 Å². The number of allylic oxidation sites excluding steroid dienone is 1. The van der Waals surface area contributed by atoms with E-state index < -0.39 is 10.0 Å². The SMILES string of the molecule is CC(C)=C=CCCC1(CNS(=O)(=O)c2ccc(C)cc2)CCCCC1. The maximum atomic E-state index is 12.6. The highest BCUT2D eigenvalue weighted by molar-refractivity contribution is 7.89. The first-order valence-electron chi connectivity index (χ1n) is 9.28. The van der Waals surface area contributed by atoms with Crippen molar-refractivity contribution in [2.24, 2.45) is 5.41 Å². The number of sulfonamides is 1. The lowest BCUT2D eigenvalue weighted by Crippen LogP contribution is -2.39. The van der Waals surface area contributed by atoms with Crippen LogP contribution in [0.1, 0.15) is 64.4 Å². The molecule has 1 saturated carbocycles. The van der Waals surface area contributed by atoms with Crippen LogP contribution in [0.5, 0.6) is 0 Å². The van der Waals surface area contributed by atoms with Crippen LogP contribution in [0, 0.1) is 12.3 Å². The summed E-state index contributed by atoms with van der Waals surface area (Å²) >= 11 is 0. The van der Waals surface area contributed by atoms with Gasteiger partial charge < -0.3 is 0 Å². The fourth-order valence-electron chi connectivity index (χ4n) is 3.52. The average molecular weight is 362 g/mol. The van der Waals surface area contributed by atoms with Gasteiger partial charge in [0.25, 0.3) is 0 Å². The Bertz CT molecular complexity index is 716. The van der Waals surface area contributed by atoms with E-state index in [0.29, 0.717) is 11.4 Å². The Morgan fingerprint density at radius 2 is 1.80 bits per heavy atom. The van der Waals surface area contributed by atoms with Crippen molar-refractivity contribution in [3.8, 4) is 0 Å². The van der Waals surface area contributed by atoms with Gasteiger partial charge in [-0.25, -0.2) is 13.1 Å². The highest BCUT2D eigenvalue weighted by Gasteiger charge is 2.32. The zero-order valence-corrected chi connectivity index (χ0v) is 16.6. The van der Waals surface area contributed by atoms with E-state index in [1.807, 2.05) is 32.9 Å². The lowest BCUT2D eigenvalue weighted by molar-refractivity contribution is 0.177. The highest BCUT2D eigenvalue weighted by Crippen LogP contribution is 2.40. The fourth-order valence-corrected chi connectivity index (χ4v) is 4.68. The number of rotatable bonds is 7. The predicted molar refractivity (Wildman–Crippen MR) is 104 cm³/mol. The third-order valence-corrected chi connectivity index (χ3v) is 6.51. The molecule has 3 nitrogen and oxygen atoms in total. The van der Waals surface area contributed by atoms with Crippen LogP contribution in [0.2, 0.25) is 0 Å². The minimum absolute atomic E-state index is 0.0792. The molecule has 1 aromatic rings. The van der Waals surface area contributed by atoms with E-state index in [0.717, 1.165) is 31.2 Å². The number of hydrogen-bond acceptors (Lipinski definition) is 2. The lowest BCUT2D eigenvalue weighted by atomic mass is 9.71. The molecule has 0 radical (unpaired) electrons. The van der Waals surface area contributed by atoms with Gasteiger partial charge in [0.1, 0.15) is 0 Å². The quantitative estimate of drug-likeness (QED) is 0.685. The van der Waals surface area contributed by atoms with Crippen molar-refractivity contribution in [3.63, 3.8) is 0 Å². The Hall–Kier alpha value is -1.35. The molecule has 0 spiro atoms. The summed E-state index contributed by atoms with van der Waals surface area (Å²) in [4.78, 5) is 0.355. The van der Waals surface area contributed by atoms with Crippen molar-refractivity contribution in [3.05, 3.63) is 47.2 Å². The molecule has 25 heavy (non-hydrogen) atoms. The molecular formula is C21H31NO2S. The van der Waals surface area contributed by atoms with Crippen LogP contribution >= 0.6 is 0 Å². The van der Waals surface area contributed by atoms with E-state index in [9.17, 15) is 8.42 Å². The zero-order valence-electron chi connectivity index (χ0n) is 15.8. The molecule has 0 saturated heterocycles. The summed E-state index contributed by atoms with van der Waals surface area (Å²) in [5.41, 5.74) is 5.58. The second-order valence-corrected chi connectivity index (χ2v) is 9.35. The van der Waals surface area contributed by atoms with E-state index in [1.54, 1.807) is 12.1 Å². The Kier molecular flexibility index (Phi) is 7.06. The van der Waals surface area contributed by atoms with E-state index in [-0.39, 0.29) is 5.41 Å². The lowest BCUT2D eigenvalue weighted by Gasteiger charge is -2.37. The molecule has 0 unspecified atom stereocenters. The van der Waals surface area contributed by atoms with Gasteiger partial charge in [0.2, 0.25) is 10.0 Å². The molecule has 1 N–H and O–H groups in total. The number of benzene rings is 1. The standard InChI is InChI=1S/C21H31NO2S/c1-18(2)9-5-8-16-21(14-6-4-7-15-21)17-22-25(23,24)20-12-10-19(3)11-13-20/h5,10-13,22H,4,6-8,14-17H2,1-3H3. The summed E-state index contributed by atoms with van der Waals surface area (Å²) in [5.74, 6) is 0. The summed E-state index contributed by atoms with van der Waals surface area (Å²) in [6, 6.07) is 7.05. The second kappa shape index (κ2) is 8.84. The average Bonchev–Trinajstić information content (AvgIpc) is 2.58. The number of aryl methyl sites for hydroxylation is 1. The van der Waals surface area contributed by atoms with Gasteiger partial charge in [-0.2, -0.15) is 0 Å². The van der Waals surface area contributed by atoms with E-state index in [1.165, 1.54) is 24.8 Å². The number of nitrogens with one attached hydrogen (secondary N) is 1. The normalized spacial score (nSPS) is 16.9. The Morgan fingerprint density at radius 1 is 1.16 bits per heavy atom. The minimum atomic E-state index is -3.44. The maximum absolute atomic E-state index is 12.6. The molecule has 1 fully saturated rings. The van der Waals surface area contributed by atoms with Gasteiger partial charge in [-0.1, -0.05) is 37.0 Å². The van der Waals surface area contributed by atoms with Crippen molar-refractivity contribution < 1.29 is 8.42 Å². The molecule has 0 heterocycles. The summed E-state index contributed by atoms with van der Waals surface area (Å²) in [6.07, 6.45) is 9.92. The van der Waals surface area contributed by atoms with Gasteiger partial charge in [0.05, 0.1) is 4.90 Å². The molecule has 1 aliphatic rings. The molecule has 2 rings (SSSR count). The van der Waals surface area contributed by atoms with Crippen molar-refractivity contribution in [2.45, 2.75) is 70.6 Å². The third kappa shape index (κ3) is 6.14. The van der Waals surface area contributed by atoms with Crippen LogP contribution in [-0.2, 0) is 10.0 Å². The highest BCUT2D eigenvalue weighted by atomic mass is 32.2. The van der Waals surface area contributed by atoms with E-state index in [4.69, 9.17) is 0 Å². The summed E-state index contributed by atoms with van der Waals surface area (Å²) in [7, 11) is -3.44. The topological polar surface area (TPSA) is 46.2 Å². The predicted octanol–water partition coefficient (Wildman–Crippen LogP) is 5.13. The molecule has 138 valence electrons. The Labute approximate surface area is 153 Å². The smallest absolute Gasteiger partial charge is 0.211 e. The Balaban J connectivity index is 2.06. The van der Waals surface area contributed by atoms with Crippen LogP contribution in [-0.4, -0.2) is 15.0 Å². The molecule has 0 bridgehead atoms. The van der Waals surface area contributed by atoms with E-state index >= 15 is 0 Å². The van der Waals surface area contributed by atoms with Gasteiger partial charge in [-0.3, -0.25) is 0 Å². The van der Waals surface area contributed by atoms with E-state index in [2.05, 4.69) is 16.5 Å². The van der Waals surface area contributed by atoms with Gasteiger partial charge in [-0.15, -0.1) is 5.73 Å². The molecule has 0 aliphatic heterocycles. The molecule has 1 aliphatic carbocycles. The van der Waals surface area contributed by atoms with Gasteiger partial charge >= 0.3 is 0 Å².